The van der Waals surface area contributed by atoms with Gasteiger partial charge in [-0.1, -0.05) is 0 Å². The third-order valence-corrected chi connectivity index (χ3v) is 2.84. The molecule has 2 nitrogen and oxygen atoms in total. The van der Waals surface area contributed by atoms with Gasteiger partial charge in [0, 0.05) is 36.7 Å². The van der Waals surface area contributed by atoms with E-state index in [1.807, 2.05) is 0 Å². The summed E-state index contributed by atoms with van der Waals surface area (Å²) in [4.78, 5) is 0. The fourth-order valence-corrected chi connectivity index (χ4v) is 1.94. The molecule has 0 aliphatic carbocycles. The molecule has 0 fully saturated rings. The number of rotatable bonds is 2. The van der Waals surface area contributed by atoms with E-state index in [4.69, 9.17) is 5.11 Å². The van der Waals surface area contributed by atoms with E-state index in [1.54, 1.807) is 17.7 Å². The third kappa shape index (κ3) is 2.15. The molecule has 0 amide bonds. The van der Waals surface area contributed by atoms with Crippen molar-refractivity contribution in [3.05, 3.63) is 35.5 Å². The Morgan fingerprint density at radius 1 is 1.24 bits per heavy atom. The molecule has 0 saturated carbocycles. The summed E-state index contributed by atoms with van der Waals surface area (Å²) in [6.07, 6.45) is -3.88. The van der Waals surface area contributed by atoms with Gasteiger partial charge in [0.15, 0.2) is 0 Å². The van der Waals surface area contributed by atoms with Crippen LogP contribution in [0.5, 0.6) is 0 Å². The normalized spacial score (nSPS) is 12.3. The van der Waals surface area contributed by atoms with Gasteiger partial charge in [0.1, 0.15) is 0 Å². The number of fused-ring (bicyclic) bond motifs is 1. The van der Waals surface area contributed by atoms with Crippen molar-refractivity contribution in [2.75, 3.05) is 6.61 Å². The molecule has 1 aromatic heterocycles. The molecule has 0 aliphatic heterocycles. The predicted molar refractivity (Wildman–Crippen MR) is 58.7 cm³/mol. The predicted octanol–water partition coefficient (Wildman–Crippen LogP) is 2.73. The van der Waals surface area contributed by atoms with Gasteiger partial charge in [-0.05, 0) is 24.3 Å². The number of aliphatic hydroxyl groups excluding tert-OH is 1. The molecule has 0 spiro atoms. The smallest absolute Gasteiger partial charge is 0.396 e. The number of halogens is 3. The molecule has 92 valence electrons. The highest BCUT2D eigenvalue weighted by Crippen LogP contribution is 2.32. The Labute approximate surface area is 96.3 Å². The number of alkyl halides is 3. The third-order valence-electron chi connectivity index (χ3n) is 2.84. The van der Waals surface area contributed by atoms with E-state index in [1.165, 1.54) is 6.07 Å². The van der Waals surface area contributed by atoms with Gasteiger partial charge in [-0.3, -0.25) is 0 Å². The van der Waals surface area contributed by atoms with Crippen LogP contribution in [0, 0.1) is 0 Å². The van der Waals surface area contributed by atoms with E-state index in [2.05, 4.69) is 0 Å². The van der Waals surface area contributed by atoms with E-state index >= 15 is 0 Å². The SMILES string of the molecule is Cn1c(CCO)cc2cc(C(F)(F)F)ccc21. The van der Waals surface area contributed by atoms with Crippen LogP contribution in [0.25, 0.3) is 10.9 Å². The second-order valence-corrected chi connectivity index (χ2v) is 3.94. The van der Waals surface area contributed by atoms with Crippen LogP contribution in [-0.2, 0) is 19.6 Å². The van der Waals surface area contributed by atoms with E-state index in [-0.39, 0.29) is 6.61 Å². The summed E-state index contributed by atoms with van der Waals surface area (Å²) in [6.45, 7) is -0.0176. The Hall–Kier alpha value is -1.49. The zero-order valence-corrected chi connectivity index (χ0v) is 9.25. The van der Waals surface area contributed by atoms with Crippen LogP contribution in [0.15, 0.2) is 24.3 Å². The van der Waals surface area contributed by atoms with Crippen molar-refractivity contribution in [1.29, 1.82) is 0 Å². The maximum atomic E-state index is 12.5. The van der Waals surface area contributed by atoms with Crippen LogP contribution >= 0.6 is 0 Å². The second kappa shape index (κ2) is 4.07. The van der Waals surface area contributed by atoms with Crippen molar-refractivity contribution in [3.8, 4) is 0 Å². The van der Waals surface area contributed by atoms with Crippen LogP contribution in [0.4, 0.5) is 13.2 Å². The van der Waals surface area contributed by atoms with Gasteiger partial charge >= 0.3 is 6.18 Å². The summed E-state index contributed by atoms with van der Waals surface area (Å²) in [7, 11) is 1.78. The molecule has 0 bridgehead atoms. The average Bonchev–Trinajstić information content (AvgIpc) is 2.55. The van der Waals surface area contributed by atoms with E-state index < -0.39 is 11.7 Å². The highest BCUT2D eigenvalue weighted by molar-refractivity contribution is 5.82. The minimum Gasteiger partial charge on any atom is -0.396 e. The van der Waals surface area contributed by atoms with Crippen molar-refractivity contribution in [2.45, 2.75) is 12.6 Å². The molecular weight excluding hydrogens is 231 g/mol. The lowest BCUT2D eigenvalue weighted by Gasteiger charge is -2.06. The van der Waals surface area contributed by atoms with Gasteiger partial charge < -0.3 is 9.67 Å². The van der Waals surface area contributed by atoms with E-state index in [9.17, 15) is 13.2 Å². The zero-order valence-electron chi connectivity index (χ0n) is 9.25. The molecule has 0 radical (unpaired) electrons. The number of nitrogens with zero attached hydrogens (tertiary/aromatic N) is 1. The van der Waals surface area contributed by atoms with Crippen molar-refractivity contribution in [3.63, 3.8) is 0 Å². The topological polar surface area (TPSA) is 25.2 Å². The molecular formula is C12H12F3NO. The molecule has 5 heteroatoms. The van der Waals surface area contributed by atoms with Gasteiger partial charge in [0.25, 0.3) is 0 Å². The first kappa shape index (κ1) is 12.0. The van der Waals surface area contributed by atoms with Crippen LogP contribution in [0.3, 0.4) is 0 Å². The van der Waals surface area contributed by atoms with E-state index in [0.29, 0.717) is 11.8 Å². The lowest BCUT2D eigenvalue weighted by atomic mass is 10.1. The molecule has 1 aromatic carbocycles. The number of hydrogen-bond acceptors (Lipinski definition) is 1. The fourth-order valence-electron chi connectivity index (χ4n) is 1.94. The molecule has 0 saturated heterocycles. The molecule has 1 N–H and O–H groups in total. The standard InChI is InChI=1S/C12H12F3NO/c1-16-10(4-5-17)7-8-6-9(12(13,14)15)2-3-11(8)16/h2-3,6-7,17H,4-5H2,1H3. The number of aliphatic hydroxyl groups is 1. The summed E-state index contributed by atoms with van der Waals surface area (Å²) >= 11 is 0. The minimum atomic E-state index is -4.32. The zero-order chi connectivity index (χ0) is 12.6. The lowest BCUT2D eigenvalue weighted by molar-refractivity contribution is -0.137. The van der Waals surface area contributed by atoms with Gasteiger partial charge in [0.2, 0.25) is 0 Å². The first-order valence-electron chi connectivity index (χ1n) is 5.20. The maximum absolute atomic E-state index is 12.5. The Balaban J connectivity index is 2.56. The number of aryl methyl sites for hydroxylation is 1. The lowest BCUT2D eigenvalue weighted by Crippen LogP contribution is -2.04. The van der Waals surface area contributed by atoms with Crippen molar-refractivity contribution in [2.24, 2.45) is 7.05 Å². The van der Waals surface area contributed by atoms with Crippen LogP contribution in [-0.4, -0.2) is 16.3 Å². The monoisotopic (exact) mass is 243 g/mol. The van der Waals surface area contributed by atoms with Gasteiger partial charge in [-0.15, -0.1) is 0 Å². The van der Waals surface area contributed by atoms with Crippen molar-refractivity contribution < 1.29 is 18.3 Å². The maximum Gasteiger partial charge on any atom is 0.416 e. The number of benzene rings is 1. The van der Waals surface area contributed by atoms with Crippen molar-refractivity contribution in [1.82, 2.24) is 4.57 Å². The molecule has 2 aromatic rings. The fraction of sp³-hybridized carbons (Fsp3) is 0.333. The van der Waals surface area contributed by atoms with Gasteiger partial charge in [-0.2, -0.15) is 13.2 Å². The summed E-state index contributed by atoms with van der Waals surface area (Å²) in [5, 5.41) is 9.41. The van der Waals surface area contributed by atoms with Crippen LogP contribution < -0.4 is 0 Å². The molecule has 1 heterocycles. The number of hydrogen-bond donors (Lipinski definition) is 1. The highest BCUT2D eigenvalue weighted by atomic mass is 19.4. The quantitative estimate of drug-likeness (QED) is 0.862. The molecule has 2 rings (SSSR count). The Kier molecular flexibility index (Phi) is 2.87. The first-order valence-corrected chi connectivity index (χ1v) is 5.20. The Morgan fingerprint density at radius 2 is 1.94 bits per heavy atom. The minimum absolute atomic E-state index is 0.0176. The Bertz CT molecular complexity index is 542. The summed E-state index contributed by atoms with van der Waals surface area (Å²) < 4.78 is 39.4. The molecule has 0 atom stereocenters. The van der Waals surface area contributed by atoms with E-state index in [0.717, 1.165) is 23.3 Å². The summed E-state index contributed by atoms with van der Waals surface area (Å²) in [5.41, 5.74) is 0.912. The molecule has 0 aliphatic rings. The van der Waals surface area contributed by atoms with Gasteiger partial charge in [-0.25, -0.2) is 0 Å². The van der Waals surface area contributed by atoms with Crippen LogP contribution in [0.1, 0.15) is 11.3 Å². The van der Waals surface area contributed by atoms with Gasteiger partial charge in [0.05, 0.1) is 5.56 Å². The number of aromatic nitrogens is 1. The summed E-state index contributed by atoms with van der Waals surface area (Å²) in [5.74, 6) is 0. The molecule has 17 heavy (non-hydrogen) atoms. The van der Waals surface area contributed by atoms with Crippen LogP contribution in [0.2, 0.25) is 0 Å². The Morgan fingerprint density at radius 3 is 2.53 bits per heavy atom. The first-order chi connectivity index (χ1) is 7.93. The molecule has 0 unspecified atom stereocenters. The highest BCUT2D eigenvalue weighted by Gasteiger charge is 2.30. The summed E-state index contributed by atoms with van der Waals surface area (Å²) in [6, 6.07) is 5.35. The second-order valence-electron chi connectivity index (χ2n) is 3.94. The average molecular weight is 243 g/mol. The van der Waals surface area contributed by atoms with Crippen molar-refractivity contribution >= 4 is 10.9 Å². The largest absolute Gasteiger partial charge is 0.416 e.